The van der Waals surface area contributed by atoms with Gasteiger partial charge in [-0.2, -0.15) is 0 Å². The van der Waals surface area contributed by atoms with Crippen molar-refractivity contribution in [2.24, 2.45) is 5.92 Å². The van der Waals surface area contributed by atoms with Crippen molar-refractivity contribution in [1.29, 1.82) is 0 Å². The Morgan fingerprint density at radius 3 is 2.00 bits per heavy atom. The molecule has 1 aliphatic carbocycles. The van der Waals surface area contributed by atoms with Crippen molar-refractivity contribution in [3.05, 3.63) is 50.9 Å². The monoisotopic (exact) mass is 446 g/mol. The zero-order chi connectivity index (χ0) is 21.2. The third-order valence-corrected chi connectivity index (χ3v) is 20.2. The number of unbranched alkanes of at least 4 members (excludes halogenated alkanes) is 7. The van der Waals surface area contributed by atoms with Crippen molar-refractivity contribution in [2.45, 2.75) is 92.5 Å². The maximum atomic E-state index is 4.22. The molecule has 2 unspecified atom stereocenters. The summed E-state index contributed by atoms with van der Waals surface area (Å²) in [6.07, 6.45) is 11.2. The first kappa shape index (κ1) is 24.9. The maximum absolute atomic E-state index is 4.22. The normalized spacial score (nSPS) is 17.9. The van der Waals surface area contributed by atoms with Crippen molar-refractivity contribution in [3.63, 3.8) is 0 Å². The van der Waals surface area contributed by atoms with Crippen LogP contribution in [0.2, 0.25) is 6.55 Å². The fraction of sp³-hybridized carbons (Fsp3) is 0.615. The van der Waals surface area contributed by atoms with Crippen molar-refractivity contribution in [1.82, 2.24) is 3.80 Å². The summed E-state index contributed by atoms with van der Waals surface area (Å²) in [5, 5.41) is 1.65. The molecule has 1 aromatic carbocycles. The van der Waals surface area contributed by atoms with Gasteiger partial charge in [-0.25, -0.2) is 0 Å². The summed E-state index contributed by atoms with van der Waals surface area (Å²) in [6.45, 7) is 14.7. The van der Waals surface area contributed by atoms with Gasteiger partial charge in [-0.1, -0.05) is 0 Å². The molecule has 1 N–H and O–H groups in total. The van der Waals surface area contributed by atoms with Crippen LogP contribution in [0.3, 0.4) is 0 Å². The van der Waals surface area contributed by atoms with E-state index >= 15 is 0 Å². The van der Waals surface area contributed by atoms with Gasteiger partial charge in [-0.15, -0.1) is 0 Å². The molecule has 3 heteroatoms. The fourth-order valence-electron chi connectivity index (χ4n) is 4.67. The molecule has 0 saturated carbocycles. The number of allylic oxidation sites excluding steroid dienone is 4. The van der Waals surface area contributed by atoms with E-state index in [1.165, 1.54) is 57.9 Å². The second-order valence-electron chi connectivity index (χ2n) is 9.02. The number of benzene rings is 1. The van der Waals surface area contributed by atoms with Crippen molar-refractivity contribution in [2.75, 3.05) is 6.54 Å². The fourth-order valence-corrected chi connectivity index (χ4v) is 18.2. The molecule has 2 rings (SSSR count). The van der Waals surface area contributed by atoms with E-state index in [9.17, 15) is 0 Å². The van der Waals surface area contributed by atoms with Gasteiger partial charge in [0, 0.05) is 0 Å². The van der Waals surface area contributed by atoms with Gasteiger partial charge in [0.05, 0.1) is 0 Å². The predicted molar refractivity (Wildman–Crippen MR) is 130 cm³/mol. The van der Waals surface area contributed by atoms with E-state index in [2.05, 4.69) is 75.3 Å². The third kappa shape index (κ3) is 7.06. The van der Waals surface area contributed by atoms with E-state index in [1.807, 2.05) is 3.88 Å². The molecular weight excluding hydrogens is 402 g/mol. The summed E-state index contributed by atoms with van der Waals surface area (Å²) in [6, 6.07) is 11.4. The Bertz CT molecular complexity index is 679. The van der Waals surface area contributed by atoms with Crippen molar-refractivity contribution < 1.29 is 17.4 Å². The third-order valence-electron chi connectivity index (χ3n) is 7.01. The quantitative estimate of drug-likeness (QED) is 0.260. The van der Waals surface area contributed by atoms with Crippen LogP contribution in [0.1, 0.15) is 86.0 Å². The van der Waals surface area contributed by atoms with E-state index in [-0.39, 0.29) is 0 Å². The molecule has 0 radical (unpaired) electrons. The van der Waals surface area contributed by atoms with Gasteiger partial charge >= 0.3 is 189 Å². The van der Waals surface area contributed by atoms with E-state index in [4.69, 9.17) is 0 Å². The average molecular weight is 447 g/mol. The Morgan fingerprint density at radius 2 is 1.45 bits per heavy atom. The molecule has 29 heavy (non-hydrogen) atoms. The first-order valence-electron chi connectivity index (χ1n) is 12.0. The molecule has 0 spiro atoms. The molecule has 0 amide bonds. The molecular formula is C26H44NSiTi. The molecule has 0 bridgehead atoms. The molecule has 0 saturated heterocycles. The van der Waals surface area contributed by atoms with Crippen LogP contribution in [-0.4, -0.2) is 13.2 Å². The minimum atomic E-state index is -1.49. The molecule has 1 aromatic rings. The van der Waals surface area contributed by atoms with Gasteiger partial charge in [0.2, 0.25) is 0 Å². The van der Waals surface area contributed by atoms with Crippen molar-refractivity contribution >= 4 is 11.8 Å². The molecule has 0 heterocycles. The Balaban J connectivity index is 1.96. The molecule has 0 aromatic heterocycles. The van der Waals surface area contributed by atoms with E-state index in [1.54, 1.807) is 21.9 Å². The summed E-state index contributed by atoms with van der Waals surface area (Å²) in [4.78, 5) is 0. The number of rotatable bonds is 13. The molecule has 161 valence electrons. The molecule has 0 aliphatic heterocycles. The number of hydrogen-bond donors (Lipinski definition) is 1. The van der Waals surface area contributed by atoms with Gasteiger partial charge in [-0.05, 0) is 0 Å². The van der Waals surface area contributed by atoms with Crippen LogP contribution < -0.4 is 8.99 Å². The second kappa shape index (κ2) is 13.1. The molecule has 2 atom stereocenters. The molecule has 0 fully saturated rings. The first-order chi connectivity index (χ1) is 14.0. The standard InChI is InChI=1S/C10H22N.C9H13.C7H9Si.Ti/c1-2-3-4-5-6-7-8-9-10-11;1-6-5-7(2)9(4)8(6)3;1-8-7-5-3-2-4-6-7;/h11H,2-10H2,1H3;6H,1-4H3;2-6,8H,1H3;/q-1;;;+1. The van der Waals surface area contributed by atoms with Gasteiger partial charge in [0.1, 0.15) is 0 Å². The van der Waals surface area contributed by atoms with Gasteiger partial charge in [0.15, 0.2) is 0 Å². The number of hydrogen-bond acceptors (Lipinski definition) is 1. The zero-order valence-corrected chi connectivity index (χ0v) is 22.6. The Morgan fingerprint density at radius 1 is 0.862 bits per heavy atom. The van der Waals surface area contributed by atoms with Crippen LogP contribution in [0.25, 0.3) is 0 Å². The summed E-state index contributed by atoms with van der Waals surface area (Å²) in [5.74, 6) is 0.662. The van der Waals surface area contributed by atoms with Gasteiger partial charge < -0.3 is 0 Å². The van der Waals surface area contributed by atoms with Crippen LogP contribution >= 0.6 is 0 Å². The first-order valence-corrected chi connectivity index (χ1v) is 18.6. The van der Waals surface area contributed by atoms with Crippen LogP contribution in [0, 0.1) is 5.92 Å². The van der Waals surface area contributed by atoms with Crippen LogP contribution in [0.4, 0.5) is 0 Å². The van der Waals surface area contributed by atoms with E-state index in [0.29, 0.717) is 5.92 Å². The van der Waals surface area contributed by atoms with Crippen LogP contribution in [0.15, 0.2) is 50.9 Å². The van der Waals surface area contributed by atoms with E-state index < -0.39 is 24.0 Å². The van der Waals surface area contributed by atoms with Crippen LogP contribution in [-0.2, 0) is 17.4 Å². The summed E-state index contributed by atoms with van der Waals surface area (Å²) in [5.41, 5.74) is 4.81. The van der Waals surface area contributed by atoms with E-state index in [0.717, 1.165) is 0 Å². The average Bonchev–Trinajstić information content (AvgIpc) is 2.93. The summed E-state index contributed by atoms with van der Waals surface area (Å²) in [7, 11) is 0. The molecule has 1 aliphatic rings. The predicted octanol–water partition coefficient (Wildman–Crippen LogP) is 6.77. The number of nitrogens with one attached hydrogen (secondary N) is 1. The Kier molecular flexibility index (Phi) is 11.2. The van der Waals surface area contributed by atoms with Crippen LogP contribution in [0.5, 0.6) is 0 Å². The molecule has 1 nitrogen and oxygen atoms in total. The zero-order valence-electron chi connectivity index (χ0n) is 19.9. The topological polar surface area (TPSA) is 12.0 Å². The summed E-state index contributed by atoms with van der Waals surface area (Å²) >= 11 is -1.49. The second-order valence-corrected chi connectivity index (χ2v) is 20.2. The minimum absolute atomic E-state index is 0.662. The Hall–Kier alpha value is -0.409. The Labute approximate surface area is 188 Å². The summed E-state index contributed by atoms with van der Waals surface area (Å²) < 4.78 is 6.07. The van der Waals surface area contributed by atoms with Gasteiger partial charge in [0.25, 0.3) is 0 Å². The SMILES string of the molecule is CCCCCCCCCC[NH][Ti]([C]1=C(C)C(C)=C(C)C1C)[SiH](C)c1ccccc1. The van der Waals surface area contributed by atoms with Crippen molar-refractivity contribution in [3.8, 4) is 0 Å². The van der Waals surface area contributed by atoms with Gasteiger partial charge in [-0.3, -0.25) is 0 Å².